The van der Waals surface area contributed by atoms with Crippen molar-refractivity contribution in [2.24, 2.45) is 5.73 Å². The molecule has 0 saturated heterocycles. The molecule has 1 aromatic rings. The van der Waals surface area contributed by atoms with Crippen LogP contribution in [0.25, 0.3) is 0 Å². The fourth-order valence-corrected chi connectivity index (χ4v) is 2.63. The monoisotopic (exact) mass is 225 g/mol. The molecule has 1 aliphatic rings. The van der Waals surface area contributed by atoms with E-state index in [1.165, 1.54) is 6.42 Å². The maximum atomic E-state index is 9.69. The second kappa shape index (κ2) is 3.69. The van der Waals surface area contributed by atoms with Crippen molar-refractivity contribution >= 4 is 11.6 Å². The summed E-state index contributed by atoms with van der Waals surface area (Å²) in [6.07, 6.45) is 3.35. The summed E-state index contributed by atoms with van der Waals surface area (Å²) in [6, 6.07) is 3.74. The lowest BCUT2D eigenvalue weighted by Gasteiger charge is -2.42. The summed E-state index contributed by atoms with van der Waals surface area (Å²) in [5.74, 6) is 0.173. The fraction of sp³-hybridized carbons (Fsp3) is 0.500. The zero-order valence-corrected chi connectivity index (χ0v) is 9.64. The van der Waals surface area contributed by atoms with Gasteiger partial charge in [-0.05, 0) is 37.0 Å². The first-order valence-corrected chi connectivity index (χ1v) is 5.66. The van der Waals surface area contributed by atoms with Crippen molar-refractivity contribution in [1.29, 1.82) is 0 Å². The average Bonchev–Trinajstić information content (AvgIpc) is 2.12. The normalized spacial score (nSPS) is 18.6. The summed E-state index contributed by atoms with van der Waals surface area (Å²) in [5.41, 5.74) is 7.90. The molecule has 82 valence electrons. The van der Waals surface area contributed by atoms with Gasteiger partial charge >= 0.3 is 0 Å². The molecule has 15 heavy (non-hydrogen) atoms. The van der Waals surface area contributed by atoms with E-state index in [0.29, 0.717) is 11.6 Å². The van der Waals surface area contributed by atoms with E-state index in [-0.39, 0.29) is 11.2 Å². The van der Waals surface area contributed by atoms with Crippen LogP contribution >= 0.6 is 11.6 Å². The first-order chi connectivity index (χ1) is 7.09. The number of benzene rings is 1. The highest BCUT2D eigenvalue weighted by Gasteiger charge is 2.39. The lowest BCUT2D eigenvalue weighted by molar-refractivity contribution is 0.252. The Morgan fingerprint density at radius 1 is 1.47 bits per heavy atom. The Hall–Kier alpha value is -0.730. The number of aromatic hydroxyl groups is 1. The lowest BCUT2D eigenvalue weighted by atomic mass is 9.64. The first kappa shape index (κ1) is 10.8. The lowest BCUT2D eigenvalue weighted by Crippen LogP contribution is -2.41. The van der Waals surface area contributed by atoms with Crippen molar-refractivity contribution in [3.05, 3.63) is 28.3 Å². The van der Waals surface area contributed by atoms with Gasteiger partial charge in [0.05, 0.1) is 5.02 Å². The number of aryl methyl sites for hydroxylation is 1. The van der Waals surface area contributed by atoms with Gasteiger partial charge in [-0.2, -0.15) is 0 Å². The predicted octanol–water partition coefficient (Wildman–Crippen LogP) is 2.73. The van der Waals surface area contributed by atoms with Crippen LogP contribution in [0.4, 0.5) is 0 Å². The quantitative estimate of drug-likeness (QED) is 0.813. The maximum absolute atomic E-state index is 9.69. The summed E-state index contributed by atoms with van der Waals surface area (Å²) in [6.45, 7) is 2.57. The molecule has 0 amide bonds. The van der Waals surface area contributed by atoms with Gasteiger partial charge in [0.2, 0.25) is 0 Å². The number of hydrogen-bond donors (Lipinski definition) is 2. The first-order valence-electron chi connectivity index (χ1n) is 5.29. The van der Waals surface area contributed by atoms with Crippen LogP contribution in [0.1, 0.15) is 30.4 Å². The third-order valence-corrected chi connectivity index (χ3v) is 3.87. The molecule has 1 aliphatic carbocycles. The van der Waals surface area contributed by atoms with Crippen molar-refractivity contribution in [2.75, 3.05) is 6.54 Å². The molecule has 1 aromatic carbocycles. The summed E-state index contributed by atoms with van der Waals surface area (Å²) < 4.78 is 0. The van der Waals surface area contributed by atoms with E-state index in [2.05, 4.69) is 0 Å². The van der Waals surface area contributed by atoms with Crippen LogP contribution in [0.3, 0.4) is 0 Å². The highest BCUT2D eigenvalue weighted by atomic mass is 35.5. The number of nitrogens with two attached hydrogens (primary N) is 1. The van der Waals surface area contributed by atoms with Crippen LogP contribution in [0.2, 0.25) is 5.02 Å². The molecule has 0 bridgehead atoms. The molecule has 3 N–H and O–H groups in total. The van der Waals surface area contributed by atoms with Crippen LogP contribution in [0.5, 0.6) is 5.75 Å². The van der Waals surface area contributed by atoms with Crippen molar-refractivity contribution < 1.29 is 5.11 Å². The zero-order chi connectivity index (χ0) is 11.1. The van der Waals surface area contributed by atoms with Gasteiger partial charge < -0.3 is 10.8 Å². The van der Waals surface area contributed by atoms with Gasteiger partial charge in [-0.15, -0.1) is 0 Å². The van der Waals surface area contributed by atoms with Crippen molar-refractivity contribution in [3.8, 4) is 5.75 Å². The molecule has 2 rings (SSSR count). The third-order valence-electron chi connectivity index (χ3n) is 3.47. The number of phenolic OH excluding ortho intramolecular Hbond substituents is 1. The summed E-state index contributed by atoms with van der Waals surface area (Å²) in [7, 11) is 0. The van der Waals surface area contributed by atoms with Gasteiger partial charge in [-0.1, -0.05) is 24.1 Å². The maximum Gasteiger partial charge on any atom is 0.134 e. The minimum Gasteiger partial charge on any atom is -0.506 e. The van der Waals surface area contributed by atoms with E-state index in [9.17, 15) is 5.11 Å². The fourth-order valence-electron chi connectivity index (χ4n) is 2.32. The van der Waals surface area contributed by atoms with E-state index < -0.39 is 0 Å². The summed E-state index contributed by atoms with van der Waals surface area (Å²) in [4.78, 5) is 0. The van der Waals surface area contributed by atoms with Gasteiger partial charge in [0.15, 0.2) is 0 Å². The van der Waals surface area contributed by atoms with Crippen LogP contribution in [-0.2, 0) is 5.41 Å². The minimum absolute atomic E-state index is 0.0145. The van der Waals surface area contributed by atoms with Gasteiger partial charge in [-0.3, -0.25) is 0 Å². The minimum atomic E-state index is 0.0145. The smallest absolute Gasteiger partial charge is 0.134 e. The molecule has 2 nitrogen and oxygen atoms in total. The standard InChI is InChI=1S/C12H16ClNO/c1-8-5-9(11(13)10(15)6-8)12(7-14)3-2-4-12/h5-6,15H,2-4,7,14H2,1H3. The van der Waals surface area contributed by atoms with Crippen LogP contribution in [-0.4, -0.2) is 11.7 Å². The molecule has 0 unspecified atom stereocenters. The van der Waals surface area contributed by atoms with Crippen LogP contribution in [0, 0.1) is 6.92 Å². The molecule has 3 heteroatoms. The molecule has 0 atom stereocenters. The summed E-state index contributed by atoms with van der Waals surface area (Å²) in [5, 5.41) is 10.2. The second-order valence-electron chi connectivity index (χ2n) is 4.48. The van der Waals surface area contributed by atoms with E-state index in [1.54, 1.807) is 6.07 Å². The van der Waals surface area contributed by atoms with Gasteiger partial charge in [-0.25, -0.2) is 0 Å². The Balaban J connectivity index is 2.51. The molecule has 0 heterocycles. The average molecular weight is 226 g/mol. The van der Waals surface area contributed by atoms with Gasteiger partial charge in [0.25, 0.3) is 0 Å². The third kappa shape index (κ3) is 1.62. The van der Waals surface area contributed by atoms with Crippen molar-refractivity contribution in [1.82, 2.24) is 0 Å². The number of phenols is 1. The highest BCUT2D eigenvalue weighted by Crippen LogP contribution is 2.47. The van der Waals surface area contributed by atoms with E-state index >= 15 is 0 Å². The molecular formula is C12H16ClNO. The Kier molecular flexibility index (Phi) is 2.65. The number of rotatable bonds is 2. The molecule has 0 radical (unpaired) electrons. The van der Waals surface area contributed by atoms with Gasteiger partial charge in [0.1, 0.15) is 5.75 Å². The van der Waals surface area contributed by atoms with E-state index in [0.717, 1.165) is 24.0 Å². The summed E-state index contributed by atoms with van der Waals surface area (Å²) >= 11 is 6.14. The zero-order valence-electron chi connectivity index (χ0n) is 8.89. The van der Waals surface area contributed by atoms with Crippen molar-refractivity contribution in [3.63, 3.8) is 0 Å². The Bertz CT molecular complexity index is 380. The topological polar surface area (TPSA) is 46.2 Å². The largest absolute Gasteiger partial charge is 0.506 e. The SMILES string of the molecule is Cc1cc(O)c(Cl)c(C2(CN)CCC2)c1. The Morgan fingerprint density at radius 2 is 2.13 bits per heavy atom. The second-order valence-corrected chi connectivity index (χ2v) is 4.86. The van der Waals surface area contributed by atoms with Crippen molar-refractivity contribution in [2.45, 2.75) is 31.6 Å². The number of hydrogen-bond acceptors (Lipinski definition) is 2. The number of halogens is 1. The van der Waals surface area contributed by atoms with E-state index in [4.69, 9.17) is 17.3 Å². The van der Waals surface area contributed by atoms with Gasteiger partial charge in [0, 0.05) is 12.0 Å². The van der Waals surface area contributed by atoms with Crippen LogP contribution < -0.4 is 5.73 Å². The highest BCUT2D eigenvalue weighted by molar-refractivity contribution is 6.33. The molecule has 0 aliphatic heterocycles. The Morgan fingerprint density at radius 3 is 2.60 bits per heavy atom. The molecule has 0 spiro atoms. The molecule has 1 saturated carbocycles. The molecule has 0 aromatic heterocycles. The van der Waals surface area contributed by atoms with E-state index in [1.807, 2.05) is 13.0 Å². The Labute approximate surface area is 95.1 Å². The van der Waals surface area contributed by atoms with Crippen LogP contribution in [0.15, 0.2) is 12.1 Å². The predicted molar refractivity (Wildman–Crippen MR) is 62.4 cm³/mol. The molecule has 1 fully saturated rings. The molecular weight excluding hydrogens is 210 g/mol.